The van der Waals surface area contributed by atoms with E-state index in [4.69, 9.17) is 15.2 Å². The first kappa shape index (κ1) is 36.3. The number of phosphoric acid groups is 2. The molecule has 12 N–H and O–H groups in total. The maximum atomic E-state index is 12.0. The molecular formula is C15H26N5NaO16P2. The number of nitrogen functional groups attached to an aromatic ring is 1. The number of fused-ring (bicyclic) bond motifs is 1. The fourth-order valence-electron chi connectivity index (χ4n) is 3.53. The molecule has 4 heterocycles. The van der Waals surface area contributed by atoms with Crippen LogP contribution in [-0.4, -0.2) is 117 Å². The number of hydrogen-bond acceptors (Lipinski definition) is 17. The van der Waals surface area contributed by atoms with Crippen LogP contribution in [0.15, 0.2) is 12.7 Å². The van der Waals surface area contributed by atoms with Crippen LogP contribution >= 0.6 is 15.6 Å². The summed E-state index contributed by atoms with van der Waals surface area (Å²) in [5.41, 5.74) is 6.06. The van der Waals surface area contributed by atoms with E-state index in [2.05, 4.69) is 28.3 Å². The van der Waals surface area contributed by atoms with Crippen LogP contribution in [0.2, 0.25) is 0 Å². The first-order valence-corrected chi connectivity index (χ1v) is 13.0. The second kappa shape index (κ2) is 13.9. The molecule has 0 saturated carbocycles. The molecule has 2 saturated heterocycles. The van der Waals surface area contributed by atoms with Crippen molar-refractivity contribution in [2.45, 2.75) is 49.1 Å². The molecule has 24 heteroatoms. The quantitative estimate of drug-likeness (QED) is 0.101. The Morgan fingerprint density at radius 2 is 1.54 bits per heavy atom. The Hall–Kier alpha value is -0.750. The number of hydrogen-bond donors (Lipinski definition) is 7. The maximum Gasteiger partial charge on any atom is 1.00 e. The van der Waals surface area contributed by atoms with Gasteiger partial charge in [-0.1, -0.05) is 0 Å². The van der Waals surface area contributed by atoms with E-state index in [1.165, 1.54) is 10.9 Å². The van der Waals surface area contributed by atoms with Gasteiger partial charge < -0.3 is 66.0 Å². The van der Waals surface area contributed by atoms with Crippen molar-refractivity contribution in [3.05, 3.63) is 12.7 Å². The number of nitrogens with two attached hydrogens (primary N) is 1. The van der Waals surface area contributed by atoms with Gasteiger partial charge in [0.15, 0.2) is 24.0 Å². The topological polar surface area (TPSA) is 357 Å². The monoisotopic (exact) mass is 617 g/mol. The Morgan fingerprint density at radius 1 is 0.949 bits per heavy atom. The minimum atomic E-state index is -5.56. The molecule has 2 aromatic heterocycles. The fourth-order valence-corrected chi connectivity index (χ4v) is 5.58. The number of nitrogens with zero attached hydrogens (tertiary/aromatic N) is 4. The molecule has 0 spiro atoms. The van der Waals surface area contributed by atoms with Crippen LogP contribution in [0.1, 0.15) is 6.23 Å². The van der Waals surface area contributed by atoms with Gasteiger partial charge in [-0.15, -0.1) is 0 Å². The van der Waals surface area contributed by atoms with E-state index in [0.29, 0.717) is 0 Å². The molecule has 2 aliphatic rings. The fraction of sp³-hybridized carbons (Fsp3) is 0.667. The van der Waals surface area contributed by atoms with E-state index in [1.807, 2.05) is 0 Å². The van der Waals surface area contributed by atoms with Crippen molar-refractivity contribution in [1.82, 2.24) is 19.5 Å². The van der Waals surface area contributed by atoms with Crippen LogP contribution in [0, 0.1) is 0 Å². The largest absolute Gasteiger partial charge is 1.00 e. The second-order valence-corrected chi connectivity index (χ2v) is 10.8. The minimum Gasteiger partial charge on any atom is -0.756 e. The maximum absolute atomic E-state index is 12.0. The van der Waals surface area contributed by atoms with Gasteiger partial charge in [-0.2, -0.15) is 0 Å². The molecule has 2 aromatic rings. The summed E-state index contributed by atoms with van der Waals surface area (Å²) in [5, 5.41) is 48.9. The van der Waals surface area contributed by atoms with Gasteiger partial charge in [-0.3, -0.25) is 13.7 Å². The van der Waals surface area contributed by atoms with Gasteiger partial charge in [0, 0.05) is 0 Å². The number of aromatic nitrogens is 4. The molecule has 0 radical (unpaired) electrons. The number of rotatable bonds is 9. The molecule has 0 amide bonds. The van der Waals surface area contributed by atoms with Crippen LogP contribution in [0.4, 0.5) is 5.82 Å². The third-order valence-corrected chi connectivity index (χ3v) is 7.90. The van der Waals surface area contributed by atoms with Crippen molar-refractivity contribution in [1.29, 1.82) is 0 Å². The van der Waals surface area contributed by atoms with E-state index in [0.717, 1.165) is 6.33 Å². The molecule has 2 aliphatic heterocycles. The molecule has 39 heavy (non-hydrogen) atoms. The molecular weight excluding hydrogens is 591 g/mol. The zero-order valence-corrected chi connectivity index (χ0v) is 23.7. The molecule has 10 unspecified atom stereocenters. The Morgan fingerprint density at radius 3 is 2.15 bits per heavy atom. The van der Waals surface area contributed by atoms with Crippen LogP contribution in [0.5, 0.6) is 0 Å². The first-order chi connectivity index (χ1) is 16.8. The predicted molar refractivity (Wildman–Crippen MR) is 116 cm³/mol. The van der Waals surface area contributed by atoms with Crippen LogP contribution in [0.3, 0.4) is 0 Å². The van der Waals surface area contributed by atoms with Gasteiger partial charge in [0.1, 0.15) is 48.5 Å². The molecule has 0 bridgehead atoms. The molecule has 10 atom stereocenters. The van der Waals surface area contributed by atoms with Crippen molar-refractivity contribution in [3.63, 3.8) is 0 Å². The Labute approximate surface area is 240 Å². The summed E-state index contributed by atoms with van der Waals surface area (Å²) in [5.74, 6) is 0.0492. The zero-order chi connectivity index (χ0) is 26.4. The third kappa shape index (κ3) is 7.96. The molecule has 218 valence electrons. The standard InChI is InChI=1S/C15H23N5O14P2.Na.2H2O/c16-12-7-13(18-3-17-12)20(4-19-7)14-10(23)8(21)5(32-14)1-30-35(26,27)34-36(28,29)31-2-6-9(22)11(24)15(25)33-6;;;/h3-6,8-11,14-15,21-25H,1-2H2,(H,26,27)(H,28,29)(H2,16,17,18);;2*1H2/q;+1;;/p-1. The SMILES string of the molecule is Nc1ncnc2c1ncn2C1OC(COP(=O)([O-])OP(=O)(O)OCC2OC(O)C(O)C2O)C(O)C1O.O.O.[Na+]. The molecule has 0 aliphatic carbocycles. The van der Waals surface area contributed by atoms with Crippen LogP contribution < -0.4 is 40.2 Å². The minimum absolute atomic E-state index is 0. The number of anilines is 1. The van der Waals surface area contributed by atoms with Gasteiger partial charge in [0.05, 0.1) is 19.5 Å². The summed E-state index contributed by atoms with van der Waals surface area (Å²) in [6, 6.07) is 0. The predicted octanol–water partition coefficient (Wildman–Crippen LogP) is -8.56. The Balaban J connectivity index is 0.00000253. The van der Waals surface area contributed by atoms with E-state index in [-0.39, 0.29) is 57.5 Å². The normalized spacial score (nSPS) is 33.4. The summed E-state index contributed by atoms with van der Waals surface area (Å²) in [7, 11) is -10.9. The van der Waals surface area contributed by atoms with Gasteiger partial charge in [-0.05, 0) is 0 Å². The van der Waals surface area contributed by atoms with E-state index in [9.17, 15) is 44.4 Å². The summed E-state index contributed by atoms with van der Waals surface area (Å²) < 4.78 is 48.4. The zero-order valence-electron chi connectivity index (χ0n) is 19.9. The van der Waals surface area contributed by atoms with Gasteiger partial charge in [0.2, 0.25) is 0 Å². The molecule has 4 rings (SSSR count). The van der Waals surface area contributed by atoms with Crippen LogP contribution in [0.25, 0.3) is 11.2 Å². The smallest absolute Gasteiger partial charge is 0.756 e. The van der Waals surface area contributed by atoms with Gasteiger partial charge in [0.25, 0.3) is 7.82 Å². The molecule has 21 nitrogen and oxygen atoms in total. The number of aliphatic hydroxyl groups is 5. The van der Waals surface area contributed by atoms with E-state index in [1.54, 1.807) is 0 Å². The van der Waals surface area contributed by atoms with Crippen molar-refractivity contribution >= 4 is 32.6 Å². The summed E-state index contributed by atoms with van der Waals surface area (Å²) in [6.07, 6.45) is -10.3. The first-order valence-electron chi connectivity index (χ1n) is 10.1. The summed E-state index contributed by atoms with van der Waals surface area (Å²) in [6.45, 7) is -1.88. The van der Waals surface area contributed by atoms with Crippen molar-refractivity contribution in [2.75, 3.05) is 18.9 Å². The number of ether oxygens (including phenoxy) is 2. The third-order valence-electron chi connectivity index (χ3n) is 5.34. The number of imidazole rings is 1. The van der Waals surface area contributed by atoms with Crippen molar-refractivity contribution in [3.8, 4) is 0 Å². The van der Waals surface area contributed by atoms with Crippen LogP contribution in [-0.2, 0) is 32.0 Å². The number of phosphoric ester groups is 2. The van der Waals surface area contributed by atoms with Crippen molar-refractivity contribution < 1.29 is 108 Å². The summed E-state index contributed by atoms with van der Waals surface area (Å²) in [4.78, 5) is 33.4. The van der Waals surface area contributed by atoms with Crippen molar-refractivity contribution in [2.24, 2.45) is 0 Å². The van der Waals surface area contributed by atoms with E-state index < -0.39 is 78.0 Å². The Bertz CT molecular complexity index is 1190. The molecule has 0 aromatic carbocycles. The van der Waals surface area contributed by atoms with Gasteiger partial charge in [-0.25, -0.2) is 23.8 Å². The summed E-state index contributed by atoms with van der Waals surface area (Å²) >= 11 is 0. The average molecular weight is 617 g/mol. The second-order valence-electron chi connectivity index (χ2n) is 7.76. The van der Waals surface area contributed by atoms with Gasteiger partial charge >= 0.3 is 37.4 Å². The van der Waals surface area contributed by atoms with E-state index >= 15 is 0 Å². The average Bonchev–Trinajstić information content (AvgIpc) is 3.42. The Kier molecular flexibility index (Phi) is 13.0. The molecule has 2 fully saturated rings. The number of aliphatic hydroxyl groups excluding tert-OH is 5.